The molecule has 1 amide bonds. The van der Waals surface area contributed by atoms with Crippen LogP contribution in [0.15, 0.2) is 18.2 Å². The average Bonchev–Trinajstić information content (AvgIpc) is 2.66. The Balaban J connectivity index is 0.00000204. The van der Waals surface area contributed by atoms with Crippen LogP contribution in [0.4, 0.5) is 24.5 Å². The van der Waals surface area contributed by atoms with Crippen molar-refractivity contribution in [3.63, 3.8) is 0 Å². The molecule has 0 spiro atoms. The van der Waals surface area contributed by atoms with Crippen LogP contribution in [-0.4, -0.2) is 50.5 Å². The van der Waals surface area contributed by atoms with E-state index < -0.39 is 30.9 Å². The number of methoxy groups -OCH3 is 1. The Morgan fingerprint density at radius 3 is 2.34 bits per heavy atom. The maximum absolute atomic E-state index is 12.3. The summed E-state index contributed by atoms with van der Waals surface area (Å²) in [5.41, 5.74) is 0.944. The summed E-state index contributed by atoms with van der Waals surface area (Å²) in [5, 5.41) is 2.36. The number of ether oxygens (including phenoxy) is 2. The number of carbonyl (C=O) groups excluding carboxylic acids is 2. The minimum Gasteiger partial charge on any atom is -0.465 e. The fraction of sp³-hybridized carbons (Fsp3) is 0.556. The Morgan fingerprint density at radius 2 is 1.83 bits per heavy atom. The lowest BCUT2D eigenvalue weighted by Crippen LogP contribution is -2.45. The maximum atomic E-state index is 12.3. The molecule has 1 aliphatic rings. The molecule has 0 aliphatic carbocycles. The van der Waals surface area contributed by atoms with Gasteiger partial charge in [-0.15, -0.1) is 0 Å². The van der Waals surface area contributed by atoms with Crippen LogP contribution in [0.1, 0.15) is 37.0 Å². The third-order valence-electron chi connectivity index (χ3n) is 4.10. The van der Waals surface area contributed by atoms with E-state index in [2.05, 4.69) is 17.0 Å². The Bertz CT molecular complexity index is 690. The van der Waals surface area contributed by atoms with E-state index in [4.69, 9.17) is 9.47 Å². The number of rotatable bonds is 5. The van der Waals surface area contributed by atoms with Gasteiger partial charge >= 0.3 is 12.1 Å². The molecular weight excluding hydrogens is 393 g/mol. The molecule has 5 N–H and O–H groups in total. The van der Waals surface area contributed by atoms with Crippen molar-refractivity contribution in [2.45, 2.75) is 45.1 Å². The molecule has 1 aromatic rings. The summed E-state index contributed by atoms with van der Waals surface area (Å²) < 4.78 is 47.2. The molecule has 1 fully saturated rings. The van der Waals surface area contributed by atoms with Gasteiger partial charge in [-0.1, -0.05) is 0 Å². The molecule has 164 valence electrons. The molecular formula is C18H27F3N4O4. The molecule has 1 aromatic carbocycles. The number of nitrogens with zero attached hydrogens (tertiary/aromatic N) is 1. The second-order valence-corrected chi connectivity index (χ2v) is 6.55. The van der Waals surface area contributed by atoms with Crippen molar-refractivity contribution < 1.29 is 32.2 Å². The van der Waals surface area contributed by atoms with Crippen LogP contribution in [0.25, 0.3) is 0 Å². The number of nitrogens with one attached hydrogen (secondary N) is 1. The molecule has 0 saturated carbocycles. The summed E-state index contributed by atoms with van der Waals surface area (Å²) in [6.45, 7) is 5.14. The first-order valence-electron chi connectivity index (χ1n) is 8.91. The number of carbonyl (C=O) groups is 2. The monoisotopic (exact) mass is 420 g/mol. The fourth-order valence-electron chi connectivity index (χ4n) is 2.97. The van der Waals surface area contributed by atoms with Crippen molar-refractivity contribution in [3.8, 4) is 0 Å². The summed E-state index contributed by atoms with van der Waals surface area (Å²) in [6, 6.07) is 4.77. The molecule has 1 unspecified atom stereocenters. The van der Waals surface area contributed by atoms with Crippen LogP contribution in [0.5, 0.6) is 0 Å². The van der Waals surface area contributed by atoms with E-state index in [0.29, 0.717) is 13.1 Å². The highest BCUT2D eigenvalue weighted by molar-refractivity contribution is 6.02. The molecule has 29 heavy (non-hydrogen) atoms. The van der Waals surface area contributed by atoms with Gasteiger partial charge < -0.3 is 19.7 Å². The number of amides is 1. The number of morpholine rings is 1. The van der Waals surface area contributed by atoms with Crippen molar-refractivity contribution in [1.82, 2.24) is 0 Å². The number of hydrazine groups is 1. The minimum atomic E-state index is -4.42. The number of hydrogen-bond acceptors (Lipinski definition) is 7. The van der Waals surface area contributed by atoms with Gasteiger partial charge in [-0.25, -0.2) is 4.79 Å². The van der Waals surface area contributed by atoms with Crippen molar-refractivity contribution in [2.24, 2.45) is 11.7 Å². The number of nitrogens with two attached hydrogens (primary N) is 2. The molecule has 2 rings (SSSR count). The van der Waals surface area contributed by atoms with Crippen molar-refractivity contribution in [2.75, 3.05) is 30.4 Å². The van der Waals surface area contributed by atoms with Crippen molar-refractivity contribution >= 4 is 23.3 Å². The number of esters is 1. The van der Waals surface area contributed by atoms with Gasteiger partial charge in [-0.2, -0.15) is 13.2 Å². The first-order chi connectivity index (χ1) is 13.6. The highest BCUT2D eigenvalue weighted by Crippen LogP contribution is 2.27. The van der Waals surface area contributed by atoms with E-state index in [1.165, 1.54) is 13.2 Å². The number of benzene rings is 1. The van der Waals surface area contributed by atoms with E-state index in [0.717, 1.165) is 5.69 Å². The molecule has 1 heterocycles. The van der Waals surface area contributed by atoms with E-state index in [1.807, 2.05) is 18.7 Å². The number of hydrogen-bond donors (Lipinski definition) is 3. The predicted molar refractivity (Wildman–Crippen MR) is 102 cm³/mol. The van der Waals surface area contributed by atoms with Gasteiger partial charge in [0.2, 0.25) is 5.91 Å². The van der Waals surface area contributed by atoms with Gasteiger partial charge in [0.25, 0.3) is 0 Å². The molecule has 11 heteroatoms. The first kappa shape index (κ1) is 24.7. The second-order valence-electron chi connectivity index (χ2n) is 6.55. The Labute approximate surface area is 167 Å². The van der Waals surface area contributed by atoms with Gasteiger partial charge in [-0.3, -0.25) is 16.5 Å². The topological polar surface area (TPSA) is 120 Å². The van der Waals surface area contributed by atoms with E-state index >= 15 is 0 Å². The molecule has 0 aromatic heterocycles. The maximum Gasteiger partial charge on any atom is 0.389 e. The zero-order chi connectivity index (χ0) is 22.2. The largest absolute Gasteiger partial charge is 0.465 e. The summed E-state index contributed by atoms with van der Waals surface area (Å²) in [7, 11) is 1.20. The number of anilines is 2. The van der Waals surface area contributed by atoms with Gasteiger partial charge in [-0.05, 0) is 32.0 Å². The van der Waals surface area contributed by atoms with Crippen LogP contribution in [0.2, 0.25) is 0 Å². The highest BCUT2D eigenvalue weighted by Gasteiger charge is 2.28. The Morgan fingerprint density at radius 1 is 1.24 bits per heavy atom. The van der Waals surface area contributed by atoms with E-state index in [-0.39, 0.29) is 23.5 Å². The summed E-state index contributed by atoms with van der Waals surface area (Å²) in [6.07, 6.45) is -6.34. The predicted octanol–water partition coefficient (Wildman–Crippen LogP) is 2.19. The quantitative estimate of drug-likeness (QED) is 0.379. The van der Waals surface area contributed by atoms with Crippen LogP contribution in [0, 0.1) is 0 Å². The van der Waals surface area contributed by atoms with Crippen LogP contribution >= 0.6 is 0 Å². The number of alkyl halides is 3. The molecule has 1 aliphatic heterocycles. The fourth-order valence-corrected chi connectivity index (χ4v) is 2.97. The average molecular weight is 420 g/mol. The summed E-state index contributed by atoms with van der Waals surface area (Å²) in [5.74, 6) is 6.50. The van der Waals surface area contributed by atoms with Crippen LogP contribution < -0.4 is 21.9 Å². The third kappa shape index (κ3) is 7.87. The molecule has 8 nitrogen and oxygen atoms in total. The molecule has 2 atom stereocenters. The van der Waals surface area contributed by atoms with Gasteiger partial charge in [0.15, 0.2) is 0 Å². The lowest BCUT2D eigenvalue weighted by molar-refractivity contribution is -0.142. The second kappa shape index (κ2) is 11.0. The van der Waals surface area contributed by atoms with Gasteiger partial charge in [0.1, 0.15) is 0 Å². The van der Waals surface area contributed by atoms with E-state index in [1.54, 1.807) is 12.1 Å². The molecule has 0 bridgehead atoms. The zero-order valence-corrected chi connectivity index (χ0v) is 16.6. The summed E-state index contributed by atoms with van der Waals surface area (Å²) >= 11 is 0. The third-order valence-corrected chi connectivity index (χ3v) is 4.10. The lowest BCUT2D eigenvalue weighted by atomic mass is 10.1. The van der Waals surface area contributed by atoms with Crippen molar-refractivity contribution in [3.05, 3.63) is 23.8 Å². The lowest BCUT2D eigenvalue weighted by Gasteiger charge is -2.37. The minimum absolute atomic E-state index is 0.0112. The van der Waals surface area contributed by atoms with Crippen LogP contribution in [0.3, 0.4) is 0 Å². The van der Waals surface area contributed by atoms with Crippen molar-refractivity contribution in [1.29, 1.82) is 0 Å². The smallest absolute Gasteiger partial charge is 0.389 e. The zero-order valence-electron chi connectivity index (χ0n) is 16.6. The summed E-state index contributed by atoms with van der Waals surface area (Å²) in [4.78, 5) is 25.9. The number of halogens is 3. The normalized spacial score (nSPS) is 19.1. The van der Waals surface area contributed by atoms with Gasteiger partial charge in [0, 0.05) is 25.2 Å². The van der Waals surface area contributed by atoms with Gasteiger partial charge in [0.05, 0.1) is 37.0 Å². The Kier molecular flexibility index (Phi) is 9.34. The highest BCUT2D eigenvalue weighted by atomic mass is 19.4. The Hall–Kier alpha value is -2.37. The van der Waals surface area contributed by atoms with Crippen LogP contribution in [-0.2, 0) is 14.3 Å². The standard InChI is InChI=1S/C18H23F3N2O4.H4N2/c1-11-9-23(10-12(2)27-11)13-4-5-15(14(8-13)17(25)26-3)22-16(24)6-7-18(19,20)21;1-2/h4-5,8,11-12H,6-7,9-10H2,1-3H3,(H,22,24);1-2H2/t11-,12?;/m0./s1. The van der Waals surface area contributed by atoms with E-state index in [9.17, 15) is 22.8 Å². The molecule has 1 saturated heterocycles. The SMILES string of the molecule is COC(=O)c1cc(N2CC(C)O[C@@H](C)C2)ccc1NC(=O)CCC(F)(F)F.NN. The molecule has 0 radical (unpaired) electrons. The first-order valence-corrected chi connectivity index (χ1v) is 8.91.